The minimum Gasteiger partial charge on any atom is -0.465 e. The first-order chi connectivity index (χ1) is 16.2. The highest BCUT2D eigenvalue weighted by atomic mass is 16.7. The Labute approximate surface area is 201 Å². The first-order valence-electron chi connectivity index (χ1n) is 11.7. The molecule has 1 aliphatic rings. The van der Waals surface area contributed by atoms with Crippen LogP contribution in [0.2, 0.25) is 0 Å². The Morgan fingerprint density at radius 1 is 1.03 bits per heavy atom. The number of aliphatic hydroxyl groups excluding tert-OH is 1. The van der Waals surface area contributed by atoms with Crippen molar-refractivity contribution in [3.8, 4) is 5.75 Å². The molecule has 0 unspecified atom stereocenters. The van der Waals surface area contributed by atoms with Gasteiger partial charge in [-0.1, -0.05) is 76.2 Å². The van der Waals surface area contributed by atoms with E-state index in [2.05, 4.69) is 0 Å². The summed E-state index contributed by atoms with van der Waals surface area (Å²) in [6, 6.07) is 17.7. The number of carbonyl (C=O) groups is 2. The summed E-state index contributed by atoms with van der Waals surface area (Å²) in [5.41, 5.74) is 0.408. The molecule has 1 fully saturated rings. The molecule has 1 saturated heterocycles. The number of carbonyl (C=O) groups excluding carboxylic acids is 2. The Hall–Kier alpha value is -2.74. The first-order valence-corrected chi connectivity index (χ1v) is 11.7. The Balaban J connectivity index is 1.82. The van der Waals surface area contributed by atoms with E-state index in [1.165, 1.54) is 0 Å². The van der Waals surface area contributed by atoms with Gasteiger partial charge >= 0.3 is 11.9 Å². The lowest BCUT2D eigenvalue weighted by Crippen LogP contribution is -2.44. The van der Waals surface area contributed by atoms with Crippen molar-refractivity contribution < 1.29 is 29.0 Å². The second kappa shape index (κ2) is 11.6. The summed E-state index contributed by atoms with van der Waals surface area (Å²) in [5, 5.41) is 11.1. The minimum atomic E-state index is -0.771. The number of aliphatic hydroxyl groups is 1. The van der Waals surface area contributed by atoms with Crippen LogP contribution in [0.5, 0.6) is 5.75 Å². The van der Waals surface area contributed by atoms with Gasteiger partial charge in [0.1, 0.15) is 11.8 Å². The molecule has 184 valence electrons. The lowest BCUT2D eigenvalue weighted by molar-refractivity contribution is -0.196. The highest BCUT2D eigenvalue weighted by Gasteiger charge is 2.52. The quantitative estimate of drug-likeness (QED) is 0.418. The molecular formula is C27H35NO6. The molecule has 0 bridgehead atoms. The van der Waals surface area contributed by atoms with Crippen LogP contribution in [0.1, 0.15) is 33.3 Å². The van der Waals surface area contributed by atoms with Crippen molar-refractivity contribution in [2.45, 2.75) is 40.3 Å². The standard InChI is InChI=1S/C27H35NO6/c1-19(2)23-22(25(30)32-18-27(3,4)17-29)15-28(33-16-20-11-7-5-8-12-20)24(23)26(31)34-21-13-9-6-10-14-21/h5-14,19,22-24,29H,15-18H2,1-4H3/t22-,23+,24+/m0/s1. The monoisotopic (exact) mass is 469 g/mol. The van der Waals surface area contributed by atoms with Crippen LogP contribution < -0.4 is 4.74 Å². The summed E-state index contributed by atoms with van der Waals surface area (Å²) >= 11 is 0. The second-order valence-corrected chi connectivity index (χ2v) is 9.90. The molecule has 34 heavy (non-hydrogen) atoms. The average Bonchev–Trinajstić information content (AvgIpc) is 3.23. The highest BCUT2D eigenvalue weighted by molar-refractivity contribution is 5.82. The third-order valence-corrected chi connectivity index (χ3v) is 6.06. The number of nitrogens with zero attached hydrogens (tertiary/aromatic N) is 1. The fourth-order valence-electron chi connectivity index (χ4n) is 4.13. The molecule has 1 N–H and O–H groups in total. The number of ether oxygens (including phenoxy) is 2. The van der Waals surface area contributed by atoms with Gasteiger partial charge in [0.05, 0.1) is 25.7 Å². The van der Waals surface area contributed by atoms with E-state index >= 15 is 0 Å². The van der Waals surface area contributed by atoms with Gasteiger partial charge in [0.2, 0.25) is 0 Å². The Kier molecular flexibility index (Phi) is 8.83. The zero-order valence-corrected chi connectivity index (χ0v) is 20.3. The van der Waals surface area contributed by atoms with E-state index in [9.17, 15) is 14.7 Å². The third kappa shape index (κ3) is 6.65. The number of hydroxylamine groups is 2. The lowest BCUT2D eigenvalue weighted by Gasteiger charge is -2.28. The predicted octanol–water partition coefficient (Wildman–Crippen LogP) is 3.86. The van der Waals surface area contributed by atoms with Gasteiger partial charge < -0.3 is 14.6 Å². The van der Waals surface area contributed by atoms with E-state index in [0.717, 1.165) is 5.56 Å². The smallest absolute Gasteiger partial charge is 0.331 e. The van der Waals surface area contributed by atoms with Gasteiger partial charge in [0.25, 0.3) is 0 Å². The summed E-state index contributed by atoms with van der Waals surface area (Å²) in [4.78, 5) is 32.6. The van der Waals surface area contributed by atoms with Crippen molar-refractivity contribution >= 4 is 11.9 Å². The number of para-hydroxylation sites is 1. The van der Waals surface area contributed by atoms with Crippen LogP contribution in [0, 0.1) is 23.2 Å². The number of esters is 2. The maximum Gasteiger partial charge on any atom is 0.331 e. The predicted molar refractivity (Wildman–Crippen MR) is 127 cm³/mol. The normalized spacial score (nSPS) is 20.9. The first kappa shape index (κ1) is 25.9. The van der Waals surface area contributed by atoms with Crippen molar-refractivity contribution in [3.63, 3.8) is 0 Å². The molecular weight excluding hydrogens is 434 g/mol. The highest BCUT2D eigenvalue weighted by Crippen LogP contribution is 2.38. The fourth-order valence-corrected chi connectivity index (χ4v) is 4.13. The van der Waals surface area contributed by atoms with E-state index in [4.69, 9.17) is 14.3 Å². The van der Waals surface area contributed by atoms with Crippen LogP contribution in [0.15, 0.2) is 60.7 Å². The number of hydrogen-bond acceptors (Lipinski definition) is 7. The van der Waals surface area contributed by atoms with Crippen molar-refractivity contribution in [3.05, 3.63) is 66.2 Å². The summed E-state index contributed by atoms with van der Waals surface area (Å²) < 4.78 is 11.3. The number of benzene rings is 2. The van der Waals surface area contributed by atoms with Crippen LogP contribution in [0.4, 0.5) is 0 Å². The summed E-state index contributed by atoms with van der Waals surface area (Å²) in [6.45, 7) is 8.07. The maximum absolute atomic E-state index is 13.4. The van der Waals surface area contributed by atoms with Gasteiger partial charge in [0.15, 0.2) is 0 Å². The molecule has 0 aliphatic carbocycles. The zero-order valence-electron chi connectivity index (χ0n) is 20.3. The molecule has 0 amide bonds. The topological polar surface area (TPSA) is 85.3 Å². The van der Waals surface area contributed by atoms with Gasteiger partial charge in [-0.25, -0.2) is 4.79 Å². The molecule has 0 radical (unpaired) electrons. The Morgan fingerprint density at radius 3 is 2.24 bits per heavy atom. The average molecular weight is 470 g/mol. The molecule has 2 aromatic carbocycles. The van der Waals surface area contributed by atoms with Crippen LogP contribution in [-0.4, -0.2) is 47.9 Å². The second-order valence-electron chi connectivity index (χ2n) is 9.90. The zero-order chi connectivity index (χ0) is 24.7. The Morgan fingerprint density at radius 2 is 1.65 bits per heavy atom. The van der Waals surface area contributed by atoms with E-state index in [1.54, 1.807) is 29.3 Å². The summed E-state index contributed by atoms with van der Waals surface area (Å²) in [6.07, 6.45) is 0. The third-order valence-electron chi connectivity index (χ3n) is 6.06. The summed E-state index contributed by atoms with van der Waals surface area (Å²) in [5.74, 6) is -1.38. The van der Waals surface area contributed by atoms with E-state index in [-0.39, 0.29) is 38.2 Å². The van der Waals surface area contributed by atoms with Crippen molar-refractivity contribution in [1.82, 2.24) is 5.06 Å². The van der Waals surface area contributed by atoms with Crippen LogP contribution in [0.3, 0.4) is 0 Å². The summed E-state index contributed by atoms with van der Waals surface area (Å²) in [7, 11) is 0. The molecule has 0 saturated carbocycles. The molecule has 7 nitrogen and oxygen atoms in total. The van der Waals surface area contributed by atoms with Crippen LogP contribution in [0.25, 0.3) is 0 Å². The van der Waals surface area contributed by atoms with Gasteiger partial charge in [-0.05, 0) is 23.6 Å². The van der Waals surface area contributed by atoms with Gasteiger partial charge in [-0.3, -0.25) is 9.63 Å². The minimum absolute atomic E-state index is 0.0120. The number of rotatable bonds is 10. The Bertz CT molecular complexity index is 931. The van der Waals surface area contributed by atoms with Gasteiger partial charge in [0, 0.05) is 17.9 Å². The van der Waals surface area contributed by atoms with Gasteiger partial charge in [-0.15, -0.1) is 0 Å². The molecule has 3 atom stereocenters. The van der Waals surface area contributed by atoms with E-state index in [1.807, 2.05) is 64.1 Å². The SMILES string of the molecule is CC(C)[C@@H]1[C@@H](C(=O)OCC(C)(C)CO)CN(OCc2ccccc2)[C@H]1C(=O)Oc1ccccc1. The van der Waals surface area contributed by atoms with E-state index in [0.29, 0.717) is 5.75 Å². The van der Waals surface area contributed by atoms with Crippen molar-refractivity contribution in [2.24, 2.45) is 23.2 Å². The molecule has 2 aromatic rings. The molecule has 3 rings (SSSR count). The largest absolute Gasteiger partial charge is 0.465 e. The van der Waals surface area contributed by atoms with Crippen molar-refractivity contribution in [1.29, 1.82) is 0 Å². The van der Waals surface area contributed by atoms with Crippen molar-refractivity contribution in [2.75, 3.05) is 19.8 Å². The molecule has 0 spiro atoms. The maximum atomic E-state index is 13.4. The lowest BCUT2D eigenvalue weighted by atomic mass is 9.81. The van der Waals surface area contributed by atoms with Crippen LogP contribution in [-0.2, 0) is 25.8 Å². The molecule has 1 heterocycles. The molecule has 0 aromatic heterocycles. The van der Waals surface area contributed by atoms with E-state index < -0.39 is 29.3 Å². The van der Waals surface area contributed by atoms with Gasteiger partial charge in [-0.2, -0.15) is 5.06 Å². The number of hydrogen-bond donors (Lipinski definition) is 1. The van der Waals surface area contributed by atoms with Crippen LogP contribution >= 0.6 is 0 Å². The fraction of sp³-hybridized carbons (Fsp3) is 0.481. The molecule has 1 aliphatic heterocycles. The molecule has 7 heteroatoms.